The van der Waals surface area contributed by atoms with Gasteiger partial charge in [0.25, 0.3) is 0 Å². The van der Waals surface area contributed by atoms with Gasteiger partial charge in [0.15, 0.2) is 0 Å². The Labute approximate surface area is 160 Å². The van der Waals surface area contributed by atoms with Crippen molar-refractivity contribution in [1.29, 1.82) is 0 Å². The molecule has 0 unspecified atom stereocenters. The molecule has 0 atom stereocenters. The van der Waals surface area contributed by atoms with E-state index in [4.69, 9.17) is 0 Å². The Morgan fingerprint density at radius 2 is 1.63 bits per heavy atom. The molecule has 1 aliphatic rings. The van der Waals surface area contributed by atoms with Crippen molar-refractivity contribution in [3.05, 3.63) is 60.2 Å². The minimum atomic E-state index is -0.226. The van der Waals surface area contributed by atoms with E-state index in [0.717, 1.165) is 30.3 Å². The van der Waals surface area contributed by atoms with E-state index in [-0.39, 0.29) is 24.8 Å². The third-order valence-corrected chi connectivity index (χ3v) is 4.95. The molecule has 5 nitrogen and oxygen atoms in total. The molecule has 5 heteroatoms. The van der Waals surface area contributed by atoms with Gasteiger partial charge in [-0.25, -0.2) is 0 Å². The van der Waals surface area contributed by atoms with Crippen molar-refractivity contribution < 1.29 is 9.59 Å². The monoisotopic (exact) mass is 365 g/mol. The molecule has 1 fully saturated rings. The summed E-state index contributed by atoms with van der Waals surface area (Å²) in [6.45, 7) is 4.44. The highest BCUT2D eigenvalue weighted by molar-refractivity contribution is 5.94. The molecular weight excluding hydrogens is 338 g/mol. The molecule has 2 aromatic rings. The van der Waals surface area contributed by atoms with Crippen LogP contribution >= 0.6 is 0 Å². The van der Waals surface area contributed by atoms with Gasteiger partial charge in [-0.05, 0) is 48.6 Å². The zero-order chi connectivity index (χ0) is 19.1. The quantitative estimate of drug-likeness (QED) is 0.826. The fraction of sp³-hybridized carbons (Fsp3) is 0.364. The first-order chi connectivity index (χ1) is 13.1. The third kappa shape index (κ3) is 5.84. The van der Waals surface area contributed by atoms with Crippen LogP contribution in [0.1, 0.15) is 25.3 Å². The fourth-order valence-electron chi connectivity index (χ4n) is 3.25. The van der Waals surface area contributed by atoms with Crippen molar-refractivity contribution in [2.45, 2.75) is 26.2 Å². The van der Waals surface area contributed by atoms with Crippen LogP contribution in [0.15, 0.2) is 54.6 Å². The Bertz CT molecular complexity index is 751. The summed E-state index contributed by atoms with van der Waals surface area (Å²) in [6, 6.07) is 17.4. The summed E-state index contributed by atoms with van der Waals surface area (Å²) in [5.74, 6) is 0.416. The van der Waals surface area contributed by atoms with E-state index in [9.17, 15) is 9.59 Å². The van der Waals surface area contributed by atoms with Crippen LogP contribution in [0, 0.1) is 5.92 Å². The predicted octanol–water partition coefficient (Wildman–Crippen LogP) is 3.22. The molecule has 3 rings (SSSR count). The van der Waals surface area contributed by atoms with Gasteiger partial charge in [-0.3, -0.25) is 9.59 Å². The van der Waals surface area contributed by atoms with Crippen molar-refractivity contribution in [3.63, 3.8) is 0 Å². The lowest BCUT2D eigenvalue weighted by molar-refractivity contribution is -0.123. The predicted molar refractivity (Wildman–Crippen MR) is 109 cm³/mol. The minimum Gasteiger partial charge on any atom is -0.372 e. The molecule has 0 saturated carbocycles. The number of benzene rings is 2. The first kappa shape index (κ1) is 19.0. The van der Waals surface area contributed by atoms with Gasteiger partial charge in [-0.2, -0.15) is 0 Å². The highest BCUT2D eigenvalue weighted by Gasteiger charge is 2.16. The van der Waals surface area contributed by atoms with E-state index >= 15 is 0 Å². The Kier molecular flexibility index (Phi) is 6.47. The number of hydrogen-bond donors (Lipinski definition) is 2. The van der Waals surface area contributed by atoms with Crippen LogP contribution in [-0.4, -0.2) is 31.4 Å². The van der Waals surface area contributed by atoms with Crippen LogP contribution in [0.25, 0.3) is 0 Å². The van der Waals surface area contributed by atoms with Gasteiger partial charge < -0.3 is 15.5 Å². The van der Waals surface area contributed by atoms with Gasteiger partial charge >= 0.3 is 0 Å². The summed E-state index contributed by atoms with van der Waals surface area (Å²) in [5.41, 5.74) is 2.86. The van der Waals surface area contributed by atoms with Crippen LogP contribution in [0.2, 0.25) is 0 Å². The van der Waals surface area contributed by atoms with Crippen molar-refractivity contribution in [2.24, 2.45) is 5.92 Å². The lowest BCUT2D eigenvalue weighted by atomic mass is 9.99. The molecular formula is C22H27N3O2. The number of rotatable bonds is 6. The Morgan fingerprint density at radius 3 is 2.30 bits per heavy atom. The smallest absolute Gasteiger partial charge is 0.243 e. The summed E-state index contributed by atoms with van der Waals surface area (Å²) in [7, 11) is 0. The van der Waals surface area contributed by atoms with Gasteiger partial charge in [0.2, 0.25) is 11.8 Å². The Hall–Kier alpha value is -2.82. The molecule has 0 spiro atoms. The van der Waals surface area contributed by atoms with E-state index in [1.54, 1.807) is 0 Å². The molecule has 2 aromatic carbocycles. The first-order valence-corrected chi connectivity index (χ1v) is 9.55. The molecule has 2 amide bonds. The summed E-state index contributed by atoms with van der Waals surface area (Å²) in [6.07, 6.45) is 2.72. The molecule has 0 bridgehead atoms. The van der Waals surface area contributed by atoms with Crippen LogP contribution in [0.3, 0.4) is 0 Å². The normalized spacial score (nSPS) is 14.6. The highest BCUT2D eigenvalue weighted by atomic mass is 16.2. The second-order valence-electron chi connectivity index (χ2n) is 7.20. The summed E-state index contributed by atoms with van der Waals surface area (Å²) >= 11 is 0. The molecule has 142 valence electrons. The number of anilines is 2. The van der Waals surface area contributed by atoms with Crippen molar-refractivity contribution >= 4 is 23.2 Å². The topological polar surface area (TPSA) is 61.4 Å². The van der Waals surface area contributed by atoms with E-state index in [2.05, 4.69) is 22.5 Å². The van der Waals surface area contributed by atoms with Crippen LogP contribution in [-0.2, 0) is 16.0 Å². The molecule has 27 heavy (non-hydrogen) atoms. The van der Waals surface area contributed by atoms with Crippen molar-refractivity contribution in [3.8, 4) is 0 Å². The van der Waals surface area contributed by atoms with Crippen molar-refractivity contribution in [2.75, 3.05) is 29.9 Å². The zero-order valence-electron chi connectivity index (χ0n) is 15.8. The van der Waals surface area contributed by atoms with E-state index in [0.29, 0.717) is 0 Å². The SMILES string of the molecule is CC1CCN(c2ccc(NC(=O)CNC(=O)Cc3ccccc3)cc2)CC1. The maximum Gasteiger partial charge on any atom is 0.243 e. The highest BCUT2D eigenvalue weighted by Crippen LogP contribution is 2.24. The Morgan fingerprint density at radius 1 is 0.963 bits per heavy atom. The average molecular weight is 365 g/mol. The third-order valence-electron chi connectivity index (χ3n) is 4.95. The van der Waals surface area contributed by atoms with Gasteiger partial charge in [0.05, 0.1) is 13.0 Å². The largest absolute Gasteiger partial charge is 0.372 e. The molecule has 2 N–H and O–H groups in total. The van der Waals surface area contributed by atoms with Gasteiger partial charge in [-0.15, -0.1) is 0 Å². The molecule has 0 radical (unpaired) electrons. The summed E-state index contributed by atoms with van der Waals surface area (Å²) in [5, 5.41) is 5.49. The van der Waals surface area contributed by atoms with E-state index < -0.39 is 0 Å². The van der Waals surface area contributed by atoms with Crippen LogP contribution in [0.5, 0.6) is 0 Å². The molecule has 0 aromatic heterocycles. The van der Waals surface area contributed by atoms with Gasteiger partial charge in [-0.1, -0.05) is 37.3 Å². The Balaban J connectivity index is 1.43. The standard InChI is InChI=1S/C22H27N3O2/c1-17-11-13-25(14-12-17)20-9-7-19(8-10-20)24-22(27)16-23-21(26)15-18-5-3-2-4-6-18/h2-10,17H,11-16H2,1H3,(H,23,26)(H,24,27). The van der Waals surface area contributed by atoms with Gasteiger partial charge in [0, 0.05) is 24.5 Å². The molecule has 1 heterocycles. The summed E-state index contributed by atoms with van der Waals surface area (Å²) < 4.78 is 0. The number of nitrogens with zero attached hydrogens (tertiary/aromatic N) is 1. The number of nitrogens with one attached hydrogen (secondary N) is 2. The fourth-order valence-corrected chi connectivity index (χ4v) is 3.25. The number of carbonyl (C=O) groups excluding carboxylic acids is 2. The minimum absolute atomic E-state index is 0.0303. The maximum absolute atomic E-state index is 12.1. The molecule has 1 saturated heterocycles. The molecule has 0 aliphatic carbocycles. The van der Waals surface area contributed by atoms with E-state index in [1.807, 2.05) is 54.6 Å². The second kappa shape index (κ2) is 9.21. The van der Waals surface area contributed by atoms with Crippen molar-refractivity contribution in [1.82, 2.24) is 5.32 Å². The molecule has 1 aliphatic heterocycles. The number of hydrogen-bond acceptors (Lipinski definition) is 3. The lowest BCUT2D eigenvalue weighted by Crippen LogP contribution is -2.34. The first-order valence-electron chi connectivity index (χ1n) is 9.55. The maximum atomic E-state index is 12.1. The second-order valence-corrected chi connectivity index (χ2v) is 7.20. The number of amides is 2. The van der Waals surface area contributed by atoms with Crippen LogP contribution < -0.4 is 15.5 Å². The van der Waals surface area contributed by atoms with Crippen LogP contribution in [0.4, 0.5) is 11.4 Å². The number of carbonyl (C=O) groups is 2. The lowest BCUT2D eigenvalue weighted by Gasteiger charge is -2.32. The summed E-state index contributed by atoms with van der Waals surface area (Å²) in [4.78, 5) is 26.4. The van der Waals surface area contributed by atoms with Gasteiger partial charge in [0.1, 0.15) is 0 Å². The number of piperidine rings is 1. The average Bonchev–Trinajstić information content (AvgIpc) is 2.68. The zero-order valence-corrected chi connectivity index (χ0v) is 15.8. The van der Waals surface area contributed by atoms with E-state index in [1.165, 1.54) is 18.5 Å².